The van der Waals surface area contributed by atoms with Crippen LogP contribution in [0.2, 0.25) is 0 Å². The number of carbonyl (C=O) groups excluding carboxylic acids is 1. The van der Waals surface area contributed by atoms with E-state index in [0.29, 0.717) is 6.54 Å². The zero-order chi connectivity index (χ0) is 14.4. The summed E-state index contributed by atoms with van der Waals surface area (Å²) in [5.41, 5.74) is 1.01. The summed E-state index contributed by atoms with van der Waals surface area (Å²) in [5.74, 6) is -0.960. The van der Waals surface area contributed by atoms with Crippen molar-refractivity contribution in [1.29, 1.82) is 0 Å². The lowest BCUT2D eigenvalue weighted by Gasteiger charge is -2.22. The smallest absolute Gasteiger partial charge is 0.335 e. The van der Waals surface area contributed by atoms with Crippen molar-refractivity contribution in [2.24, 2.45) is 0 Å². The second kappa shape index (κ2) is 6.93. The third-order valence-corrected chi connectivity index (χ3v) is 3.57. The van der Waals surface area contributed by atoms with E-state index < -0.39 is 5.97 Å². The first kappa shape index (κ1) is 14.4. The van der Waals surface area contributed by atoms with Gasteiger partial charge < -0.3 is 15.7 Å². The number of urea groups is 1. The van der Waals surface area contributed by atoms with E-state index in [1.807, 2.05) is 0 Å². The summed E-state index contributed by atoms with van der Waals surface area (Å²) in [6.45, 7) is 0.333. The molecular weight excluding hydrogens is 256 g/mol. The van der Waals surface area contributed by atoms with Gasteiger partial charge in [0.05, 0.1) is 5.56 Å². The Balaban J connectivity index is 1.80. The minimum absolute atomic E-state index is 0.183. The minimum Gasteiger partial charge on any atom is -0.478 e. The first-order chi connectivity index (χ1) is 9.65. The molecule has 0 aliphatic heterocycles. The van der Waals surface area contributed by atoms with E-state index in [-0.39, 0.29) is 17.6 Å². The number of aromatic carboxylic acids is 1. The Labute approximate surface area is 118 Å². The van der Waals surface area contributed by atoms with Gasteiger partial charge >= 0.3 is 12.0 Å². The van der Waals surface area contributed by atoms with Gasteiger partial charge in [0.1, 0.15) is 0 Å². The summed E-state index contributed by atoms with van der Waals surface area (Å²) in [5, 5.41) is 14.6. The maximum absolute atomic E-state index is 11.8. The maximum atomic E-state index is 11.8. The molecule has 20 heavy (non-hydrogen) atoms. The second-order valence-electron chi connectivity index (χ2n) is 5.17. The van der Waals surface area contributed by atoms with Gasteiger partial charge in [-0.15, -0.1) is 0 Å². The van der Waals surface area contributed by atoms with Crippen LogP contribution in [0, 0.1) is 0 Å². The molecular formula is C15H20N2O3. The fourth-order valence-electron chi connectivity index (χ4n) is 2.48. The molecule has 0 heterocycles. The average molecular weight is 276 g/mol. The molecule has 0 unspecified atom stereocenters. The van der Waals surface area contributed by atoms with E-state index >= 15 is 0 Å². The average Bonchev–Trinajstić information content (AvgIpc) is 2.46. The van der Waals surface area contributed by atoms with Crippen molar-refractivity contribution in [3.63, 3.8) is 0 Å². The summed E-state index contributed by atoms with van der Waals surface area (Å²) < 4.78 is 0. The van der Waals surface area contributed by atoms with E-state index in [2.05, 4.69) is 10.6 Å². The molecule has 0 bridgehead atoms. The summed E-state index contributed by atoms with van der Waals surface area (Å²) in [6, 6.07) is 6.68. The first-order valence-corrected chi connectivity index (χ1v) is 7.02. The highest BCUT2D eigenvalue weighted by Crippen LogP contribution is 2.17. The molecule has 1 aliphatic carbocycles. The molecule has 108 valence electrons. The third kappa shape index (κ3) is 4.26. The number of carboxylic acids is 1. The monoisotopic (exact) mass is 276 g/mol. The molecule has 0 saturated heterocycles. The fourth-order valence-corrected chi connectivity index (χ4v) is 2.48. The van der Waals surface area contributed by atoms with Crippen LogP contribution >= 0.6 is 0 Å². The van der Waals surface area contributed by atoms with Crippen LogP contribution in [0.15, 0.2) is 24.3 Å². The number of carbonyl (C=O) groups is 2. The van der Waals surface area contributed by atoms with Gasteiger partial charge in [0.2, 0.25) is 0 Å². The van der Waals surface area contributed by atoms with Crippen LogP contribution < -0.4 is 10.6 Å². The van der Waals surface area contributed by atoms with Gasteiger partial charge in [0, 0.05) is 12.6 Å². The Morgan fingerprint density at radius 2 is 1.95 bits per heavy atom. The summed E-state index contributed by atoms with van der Waals surface area (Å²) in [4.78, 5) is 22.6. The molecule has 5 heteroatoms. The zero-order valence-corrected chi connectivity index (χ0v) is 11.4. The van der Waals surface area contributed by atoms with E-state index in [1.165, 1.54) is 25.3 Å². The zero-order valence-electron chi connectivity index (χ0n) is 11.4. The molecule has 2 amide bonds. The molecule has 5 nitrogen and oxygen atoms in total. The Kier molecular flexibility index (Phi) is 4.98. The molecule has 3 N–H and O–H groups in total. The van der Waals surface area contributed by atoms with Gasteiger partial charge in [-0.3, -0.25) is 0 Å². The number of hydrogen-bond acceptors (Lipinski definition) is 2. The van der Waals surface area contributed by atoms with Gasteiger partial charge in [-0.05, 0) is 30.5 Å². The molecule has 1 fully saturated rings. The molecule has 1 aromatic rings. The number of hydrogen-bond donors (Lipinski definition) is 3. The van der Waals surface area contributed by atoms with Gasteiger partial charge in [0.15, 0.2) is 0 Å². The number of nitrogens with one attached hydrogen (secondary N) is 2. The van der Waals surface area contributed by atoms with Crippen molar-refractivity contribution >= 4 is 12.0 Å². The van der Waals surface area contributed by atoms with Crippen LogP contribution in [0.3, 0.4) is 0 Å². The van der Waals surface area contributed by atoms with E-state index in [9.17, 15) is 9.59 Å². The Bertz CT molecular complexity index is 482. The van der Waals surface area contributed by atoms with Gasteiger partial charge in [-0.1, -0.05) is 31.4 Å². The van der Waals surface area contributed by atoms with Crippen LogP contribution in [0.5, 0.6) is 0 Å². The highest BCUT2D eigenvalue weighted by molar-refractivity contribution is 5.87. The SMILES string of the molecule is O=C(NCc1cccc(C(=O)O)c1)NC1CCCCC1. The maximum Gasteiger partial charge on any atom is 0.335 e. The topological polar surface area (TPSA) is 78.4 Å². The predicted octanol–water partition coefficient (Wildman–Crippen LogP) is 2.52. The lowest BCUT2D eigenvalue weighted by molar-refractivity contribution is 0.0696. The molecule has 2 rings (SSSR count). The molecule has 1 aromatic carbocycles. The van der Waals surface area contributed by atoms with Crippen LogP contribution in [0.25, 0.3) is 0 Å². The first-order valence-electron chi connectivity index (χ1n) is 7.02. The summed E-state index contributed by atoms with van der Waals surface area (Å²) >= 11 is 0. The van der Waals surface area contributed by atoms with Gasteiger partial charge in [0.25, 0.3) is 0 Å². The Hall–Kier alpha value is -2.04. The summed E-state index contributed by atoms with van der Waals surface area (Å²) in [7, 11) is 0. The van der Waals surface area contributed by atoms with Crippen LogP contribution in [-0.2, 0) is 6.54 Å². The number of benzene rings is 1. The normalized spacial score (nSPS) is 15.6. The van der Waals surface area contributed by atoms with Crippen molar-refractivity contribution in [3.05, 3.63) is 35.4 Å². The number of amides is 2. The second-order valence-corrected chi connectivity index (χ2v) is 5.17. The fraction of sp³-hybridized carbons (Fsp3) is 0.467. The third-order valence-electron chi connectivity index (χ3n) is 3.57. The van der Waals surface area contributed by atoms with Gasteiger partial charge in [-0.25, -0.2) is 9.59 Å². The molecule has 0 spiro atoms. The van der Waals surface area contributed by atoms with Crippen molar-refractivity contribution in [3.8, 4) is 0 Å². The number of rotatable bonds is 4. The molecule has 0 radical (unpaired) electrons. The highest BCUT2D eigenvalue weighted by atomic mass is 16.4. The van der Waals surface area contributed by atoms with Crippen LogP contribution in [0.4, 0.5) is 4.79 Å². The van der Waals surface area contributed by atoms with Crippen molar-refractivity contribution < 1.29 is 14.7 Å². The predicted molar refractivity (Wildman–Crippen MR) is 75.6 cm³/mol. The lowest BCUT2D eigenvalue weighted by atomic mass is 9.96. The largest absolute Gasteiger partial charge is 0.478 e. The molecule has 1 aliphatic rings. The Morgan fingerprint density at radius 3 is 2.65 bits per heavy atom. The highest BCUT2D eigenvalue weighted by Gasteiger charge is 2.15. The number of carboxylic acid groups (broad SMARTS) is 1. The minimum atomic E-state index is -0.960. The van der Waals surface area contributed by atoms with Gasteiger partial charge in [-0.2, -0.15) is 0 Å². The Morgan fingerprint density at radius 1 is 1.20 bits per heavy atom. The molecule has 1 saturated carbocycles. The summed E-state index contributed by atoms with van der Waals surface area (Å²) in [6.07, 6.45) is 5.68. The van der Waals surface area contributed by atoms with Crippen molar-refractivity contribution in [2.75, 3.05) is 0 Å². The van der Waals surface area contributed by atoms with Crippen molar-refractivity contribution in [1.82, 2.24) is 10.6 Å². The quantitative estimate of drug-likeness (QED) is 0.790. The molecule has 0 atom stereocenters. The lowest BCUT2D eigenvalue weighted by Crippen LogP contribution is -2.42. The van der Waals surface area contributed by atoms with Crippen molar-refractivity contribution in [2.45, 2.75) is 44.7 Å². The molecule has 0 aromatic heterocycles. The van der Waals surface area contributed by atoms with Crippen LogP contribution in [-0.4, -0.2) is 23.1 Å². The van der Waals surface area contributed by atoms with E-state index in [0.717, 1.165) is 18.4 Å². The van der Waals surface area contributed by atoms with Crippen LogP contribution in [0.1, 0.15) is 48.0 Å². The van der Waals surface area contributed by atoms with E-state index in [4.69, 9.17) is 5.11 Å². The van der Waals surface area contributed by atoms with E-state index in [1.54, 1.807) is 18.2 Å². The standard InChI is InChI=1S/C15H20N2O3/c18-14(19)12-6-4-5-11(9-12)10-16-15(20)17-13-7-2-1-3-8-13/h4-6,9,13H,1-3,7-8,10H2,(H,18,19)(H2,16,17,20).